The maximum Gasteiger partial charge on any atom is 0.331 e. The van der Waals surface area contributed by atoms with Crippen molar-refractivity contribution in [3.05, 3.63) is 86.9 Å². The number of hydrogen-bond donors (Lipinski definition) is 5. The van der Waals surface area contributed by atoms with Gasteiger partial charge in [0.05, 0.1) is 17.7 Å². The van der Waals surface area contributed by atoms with Gasteiger partial charge in [-0.05, 0) is 65.6 Å². The van der Waals surface area contributed by atoms with Crippen molar-refractivity contribution in [3.8, 4) is 5.75 Å². The molecule has 1 aliphatic carbocycles. The van der Waals surface area contributed by atoms with Gasteiger partial charge in [0, 0.05) is 24.0 Å². The first-order valence-electron chi connectivity index (χ1n) is 12.2. The summed E-state index contributed by atoms with van der Waals surface area (Å²) in [5, 5.41) is 32.8. The standard InChI is InChI=1S/C24H28N2O3.C4H4O4/c1-3-14-9-16-11-18(12-17(16)10-15(14)4-2)25-13-22(28)19-5-7-21(27)24-20(19)6-8-23(29)26-24;5-3-8-2-1-4(6)7/h5-10,18,22,25,27-28H,3-4,11-13H2,1-2H3,(H,26,29);1-3H,(H,6,7)/b;2-1-/t22-;/m0./s1. The number of pyridine rings is 1. The van der Waals surface area contributed by atoms with Crippen molar-refractivity contribution >= 4 is 23.3 Å². The molecule has 3 aromatic rings. The predicted octanol–water partition coefficient (Wildman–Crippen LogP) is 2.91. The monoisotopic (exact) mass is 508 g/mol. The molecule has 1 atom stereocenters. The average molecular weight is 509 g/mol. The molecule has 0 spiro atoms. The number of aliphatic hydroxyl groups is 1. The number of phenolic OH excluding ortho intramolecular Hbond substituents is 1. The lowest BCUT2D eigenvalue weighted by atomic mass is 9.97. The van der Waals surface area contributed by atoms with Crippen LogP contribution in [0.4, 0.5) is 0 Å². The Balaban J connectivity index is 0.000000414. The first-order chi connectivity index (χ1) is 17.8. The molecule has 196 valence electrons. The summed E-state index contributed by atoms with van der Waals surface area (Å²) in [7, 11) is 0. The summed E-state index contributed by atoms with van der Waals surface area (Å²) in [5.74, 6) is -1.14. The molecule has 0 bridgehead atoms. The second-order valence-corrected chi connectivity index (χ2v) is 8.78. The second kappa shape index (κ2) is 12.8. The zero-order chi connectivity index (χ0) is 26.9. The largest absolute Gasteiger partial charge is 0.506 e. The molecular weight excluding hydrogens is 476 g/mol. The molecule has 4 rings (SSSR count). The fourth-order valence-corrected chi connectivity index (χ4v) is 4.64. The smallest absolute Gasteiger partial charge is 0.331 e. The summed E-state index contributed by atoms with van der Waals surface area (Å²) < 4.78 is 3.90. The van der Waals surface area contributed by atoms with E-state index in [4.69, 9.17) is 5.11 Å². The minimum atomic E-state index is -1.15. The van der Waals surface area contributed by atoms with E-state index in [0.717, 1.165) is 31.9 Å². The number of aliphatic hydroxyl groups excluding tert-OH is 1. The van der Waals surface area contributed by atoms with Crippen LogP contribution in [0.3, 0.4) is 0 Å². The van der Waals surface area contributed by atoms with Crippen molar-refractivity contribution in [2.75, 3.05) is 6.54 Å². The Morgan fingerprint density at radius 2 is 1.78 bits per heavy atom. The Hall–Kier alpha value is -3.95. The van der Waals surface area contributed by atoms with E-state index >= 15 is 0 Å². The molecule has 9 nitrogen and oxygen atoms in total. The van der Waals surface area contributed by atoms with Crippen LogP contribution in [0.1, 0.15) is 47.8 Å². The molecule has 0 amide bonds. The van der Waals surface area contributed by atoms with Gasteiger partial charge in [0.25, 0.3) is 6.47 Å². The molecule has 37 heavy (non-hydrogen) atoms. The van der Waals surface area contributed by atoms with Gasteiger partial charge in [0.1, 0.15) is 12.0 Å². The summed E-state index contributed by atoms with van der Waals surface area (Å²) in [4.78, 5) is 33.1. The Bertz CT molecular complexity index is 1310. The number of rotatable bonds is 9. The topological polar surface area (TPSA) is 149 Å². The Labute approximate surface area is 214 Å². The molecule has 0 radical (unpaired) electrons. The molecule has 9 heteroatoms. The van der Waals surface area contributed by atoms with E-state index in [-0.39, 0.29) is 17.8 Å². The van der Waals surface area contributed by atoms with Crippen LogP contribution in [-0.2, 0) is 40.0 Å². The van der Waals surface area contributed by atoms with Gasteiger partial charge >= 0.3 is 5.97 Å². The number of aromatic nitrogens is 1. The lowest BCUT2D eigenvalue weighted by Gasteiger charge is -2.18. The average Bonchev–Trinajstić information content (AvgIpc) is 3.29. The minimum absolute atomic E-state index is 0.00584. The fraction of sp³-hybridized carbons (Fsp3) is 0.321. The zero-order valence-electron chi connectivity index (χ0n) is 20.9. The van der Waals surface area contributed by atoms with Crippen molar-refractivity contribution in [2.24, 2.45) is 0 Å². The Morgan fingerprint density at radius 3 is 2.35 bits per heavy atom. The molecular formula is C28H32N2O7. The third-order valence-corrected chi connectivity index (χ3v) is 6.43. The number of ether oxygens (including phenoxy) is 1. The van der Waals surface area contributed by atoms with E-state index in [1.54, 1.807) is 12.1 Å². The van der Waals surface area contributed by atoms with Gasteiger partial charge in [-0.15, -0.1) is 0 Å². The highest BCUT2D eigenvalue weighted by molar-refractivity contribution is 5.87. The van der Waals surface area contributed by atoms with Crippen LogP contribution < -0.4 is 10.9 Å². The molecule has 1 aromatic heterocycles. The summed E-state index contributed by atoms with van der Waals surface area (Å²) in [6.45, 7) is 4.96. The van der Waals surface area contributed by atoms with Crippen LogP contribution in [0.15, 0.2) is 53.5 Å². The highest BCUT2D eigenvalue weighted by Gasteiger charge is 2.24. The first-order valence-corrected chi connectivity index (χ1v) is 12.2. The number of carboxylic acids is 1. The molecule has 2 aromatic carbocycles. The summed E-state index contributed by atoms with van der Waals surface area (Å²) in [6, 6.07) is 11.3. The van der Waals surface area contributed by atoms with Gasteiger partial charge < -0.3 is 30.4 Å². The van der Waals surface area contributed by atoms with Crippen molar-refractivity contribution in [1.29, 1.82) is 0 Å². The summed E-state index contributed by atoms with van der Waals surface area (Å²) in [6.07, 6.45) is 4.84. The second-order valence-electron chi connectivity index (χ2n) is 8.78. The van der Waals surface area contributed by atoms with E-state index in [2.05, 4.69) is 41.0 Å². The number of carboxylic acid groups (broad SMARTS) is 1. The first kappa shape index (κ1) is 27.6. The number of aliphatic carboxylic acids is 1. The van der Waals surface area contributed by atoms with E-state index in [9.17, 15) is 24.6 Å². The molecule has 1 aliphatic rings. The van der Waals surface area contributed by atoms with Gasteiger partial charge in [-0.2, -0.15) is 0 Å². The van der Waals surface area contributed by atoms with Crippen LogP contribution in [-0.4, -0.2) is 45.3 Å². The Morgan fingerprint density at radius 1 is 1.14 bits per heavy atom. The lowest BCUT2D eigenvalue weighted by Crippen LogP contribution is -2.33. The number of benzene rings is 2. The van der Waals surface area contributed by atoms with Crippen LogP contribution in [0.25, 0.3) is 10.9 Å². The van der Waals surface area contributed by atoms with Crippen LogP contribution in [0.5, 0.6) is 5.75 Å². The summed E-state index contributed by atoms with van der Waals surface area (Å²) in [5.41, 5.74) is 6.49. The number of H-pyrrole nitrogens is 1. The molecule has 0 unspecified atom stereocenters. The molecule has 5 N–H and O–H groups in total. The SMILES string of the molecule is CCc1cc2c(cc1CC)CC(NC[C@H](O)c1ccc(O)c3[nH]c(=O)ccc13)C2.O=CO/C=C\C(=O)O. The highest BCUT2D eigenvalue weighted by Crippen LogP contribution is 2.30. The molecule has 0 aliphatic heterocycles. The molecule has 0 saturated heterocycles. The van der Waals surface area contributed by atoms with Crippen molar-refractivity contribution in [3.63, 3.8) is 0 Å². The Kier molecular flexibility index (Phi) is 9.59. The van der Waals surface area contributed by atoms with E-state index in [1.165, 1.54) is 34.4 Å². The van der Waals surface area contributed by atoms with Crippen LogP contribution >= 0.6 is 0 Å². The van der Waals surface area contributed by atoms with Crippen molar-refractivity contribution in [2.45, 2.75) is 51.7 Å². The van der Waals surface area contributed by atoms with Gasteiger partial charge in [-0.1, -0.05) is 32.0 Å². The van der Waals surface area contributed by atoms with Gasteiger partial charge in [0.2, 0.25) is 5.56 Å². The van der Waals surface area contributed by atoms with Gasteiger partial charge in [0.15, 0.2) is 0 Å². The number of phenols is 1. The summed E-state index contributed by atoms with van der Waals surface area (Å²) >= 11 is 0. The van der Waals surface area contributed by atoms with E-state index < -0.39 is 12.1 Å². The predicted molar refractivity (Wildman–Crippen MR) is 140 cm³/mol. The molecule has 0 fully saturated rings. The van der Waals surface area contributed by atoms with Gasteiger partial charge in [-0.25, -0.2) is 4.79 Å². The van der Waals surface area contributed by atoms with Crippen LogP contribution in [0.2, 0.25) is 0 Å². The minimum Gasteiger partial charge on any atom is -0.506 e. The number of fused-ring (bicyclic) bond motifs is 2. The van der Waals surface area contributed by atoms with Crippen molar-refractivity contribution < 1.29 is 29.6 Å². The maximum atomic E-state index is 11.6. The number of hydrogen-bond acceptors (Lipinski definition) is 7. The number of carbonyl (C=O) groups is 2. The maximum absolute atomic E-state index is 11.6. The highest BCUT2D eigenvalue weighted by atomic mass is 16.5. The molecule has 1 heterocycles. The van der Waals surface area contributed by atoms with E-state index in [1.807, 2.05) is 0 Å². The van der Waals surface area contributed by atoms with E-state index in [0.29, 0.717) is 35.1 Å². The molecule has 0 saturated carbocycles. The lowest BCUT2D eigenvalue weighted by molar-refractivity contribution is -0.131. The third-order valence-electron chi connectivity index (χ3n) is 6.43. The number of aromatic hydroxyl groups is 1. The van der Waals surface area contributed by atoms with Gasteiger partial charge in [-0.3, -0.25) is 9.59 Å². The number of carbonyl (C=O) groups excluding carboxylic acids is 1. The number of aryl methyl sites for hydroxylation is 2. The normalized spacial score (nSPS) is 13.7. The van der Waals surface area contributed by atoms with Crippen molar-refractivity contribution in [1.82, 2.24) is 10.3 Å². The zero-order valence-corrected chi connectivity index (χ0v) is 20.9. The fourth-order valence-electron chi connectivity index (χ4n) is 4.64. The number of aromatic amines is 1. The van der Waals surface area contributed by atoms with Crippen LogP contribution in [0, 0.1) is 0 Å². The third kappa shape index (κ3) is 7.05. The number of nitrogens with one attached hydrogen (secondary N) is 2. The quantitative estimate of drug-likeness (QED) is 0.168.